The van der Waals surface area contributed by atoms with E-state index in [1.807, 2.05) is 44.2 Å². The molecule has 0 saturated carbocycles. The lowest BCUT2D eigenvalue weighted by molar-refractivity contribution is 0.242. The highest BCUT2D eigenvalue weighted by Gasteiger charge is 2.23. The molecule has 1 aliphatic rings. The lowest BCUT2D eigenvalue weighted by Crippen LogP contribution is -2.25. The third-order valence-electron chi connectivity index (χ3n) is 4.29. The van der Waals surface area contributed by atoms with Crippen LogP contribution in [-0.4, -0.2) is 22.8 Å². The van der Waals surface area contributed by atoms with Gasteiger partial charge in [0.1, 0.15) is 5.75 Å². The Morgan fingerprint density at radius 2 is 1.96 bits per heavy atom. The number of nitrogens with zero attached hydrogens (tertiary/aromatic N) is 3. The lowest BCUT2D eigenvalue weighted by atomic mass is 10.0. The van der Waals surface area contributed by atoms with E-state index in [2.05, 4.69) is 43.1 Å². The van der Waals surface area contributed by atoms with Gasteiger partial charge in [-0.05, 0) is 79.9 Å². The number of fused-ring (bicyclic) bond motifs is 1. The zero-order valence-electron chi connectivity index (χ0n) is 14.8. The van der Waals surface area contributed by atoms with Crippen molar-refractivity contribution in [3.05, 3.63) is 52.5 Å². The van der Waals surface area contributed by atoms with Crippen molar-refractivity contribution in [1.29, 1.82) is 0 Å². The second-order valence-corrected chi connectivity index (χ2v) is 7.53. The maximum absolute atomic E-state index is 5.68. The van der Waals surface area contributed by atoms with E-state index in [1.54, 1.807) is 0 Å². The van der Waals surface area contributed by atoms with Gasteiger partial charge in [-0.1, -0.05) is 15.9 Å². The summed E-state index contributed by atoms with van der Waals surface area (Å²) in [6, 6.07) is 14.0. The number of hydrogen-bond donors (Lipinski definition) is 0. The van der Waals surface area contributed by atoms with Gasteiger partial charge in [0.15, 0.2) is 0 Å². The fraction of sp³-hybridized carbons (Fsp3) is 0.300. The van der Waals surface area contributed by atoms with E-state index in [0.29, 0.717) is 11.8 Å². The second kappa shape index (κ2) is 7.11. The summed E-state index contributed by atoms with van der Waals surface area (Å²) in [5.74, 6) is 1.95. The van der Waals surface area contributed by atoms with Crippen LogP contribution in [0.1, 0.15) is 25.8 Å². The maximum Gasteiger partial charge on any atom is 0.270 e. The van der Waals surface area contributed by atoms with Gasteiger partial charge in [-0.2, -0.15) is 4.98 Å². The Bertz CT molecular complexity index is 906. The summed E-state index contributed by atoms with van der Waals surface area (Å²) in [7, 11) is 0. The maximum atomic E-state index is 5.68. The smallest absolute Gasteiger partial charge is 0.270 e. The van der Waals surface area contributed by atoms with Crippen LogP contribution < -0.4 is 9.64 Å². The molecule has 5 nitrogen and oxygen atoms in total. The molecule has 3 aromatic rings. The van der Waals surface area contributed by atoms with Crippen LogP contribution in [0.5, 0.6) is 5.75 Å². The van der Waals surface area contributed by atoms with E-state index >= 15 is 0 Å². The Balaban J connectivity index is 1.59. The van der Waals surface area contributed by atoms with Crippen LogP contribution in [0.4, 0.5) is 11.6 Å². The third-order valence-corrected chi connectivity index (χ3v) is 4.78. The van der Waals surface area contributed by atoms with E-state index < -0.39 is 0 Å². The van der Waals surface area contributed by atoms with Crippen molar-refractivity contribution in [3.8, 4) is 17.2 Å². The molecule has 1 aromatic heterocycles. The van der Waals surface area contributed by atoms with Gasteiger partial charge in [0.05, 0.1) is 6.10 Å². The molecule has 1 aliphatic heterocycles. The minimum absolute atomic E-state index is 0.148. The third kappa shape index (κ3) is 3.46. The summed E-state index contributed by atoms with van der Waals surface area (Å²) in [5, 5.41) is 4.21. The van der Waals surface area contributed by atoms with Gasteiger partial charge < -0.3 is 14.2 Å². The minimum Gasteiger partial charge on any atom is -0.491 e. The Labute approximate surface area is 161 Å². The summed E-state index contributed by atoms with van der Waals surface area (Å²) >= 11 is 3.54. The summed E-state index contributed by atoms with van der Waals surface area (Å²) in [6.45, 7) is 4.90. The van der Waals surface area contributed by atoms with Gasteiger partial charge in [-0.15, -0.1) is 0 Å². The van der Waals surface area contributed by atoms with E-state index in [9.17, 15) is 0 Å². The normalized spacial score (nSPS) is 13.8. The molecule has 26 heavy (non-hydrogen) atoms. The number of halogens is 1. The van der Waals surface area contributed by atoms with Crippen molar-refractivity contribution >= 4 is 27.6 Å². The van der Waals surface area contributed by atoms with Crippen molar-refractivity contribution in [3.63, 3.8) is 0 Å². The SMILES string of the molecule is CC(C)Oc1ccc(-c2nc(N3CCCc4cc(Br)ccc43)no2)cc1. The van der Waals surface area contributed by atoms with Crippen LogP contribution >= 0.6 is 15.9 Å². The van der Waals surface area contributed by atoms with Crippen LogP contribution in [0.3, 0.4) is 0 Å². The van der Waals surface area contributed by atoms with Gasteiger partial charge in [0.2, 0.25) is 0 Å². The van der Waals surface area contributed by atoms with E-state index in [-0.39, 0.29) is 6.10 Å². The van der Waals surface area contributed by atoms with E-state index in [0.717, 1.165) is 40.9 Å². The zero-order chi connectivity index (χ0) is 18.1. The Kier molecular flexibility index (Phi) is 4.68. The first-order chi connectivity index (χ1) is 12.6. The minimum atomic E-state index is 0.148. The van der Waals surface area contributed by atoms with Crippen molar-refractivity contribution in [2.45, 2.75) is 32.8 Å². The van der Waals surface area contributed by atoms with Crippen LogP contribution in [-0.2, 0) is 6.42 Å². The molecule has 0 atom stereocenters. The molecule has 0 fully saturated rings. The topological polar surface area (TPSA) is 51.4 Å². The Morgan fingerprint density at radius 3 is 2.73 bits per heavy atom. The zero-order valence-corrected chi connectivity index (χ0v) is 16.4. The van der Waals surface area contributed by atoms with Crippen LogP contribution in [0.2, 0.25) is 0 Å². The van der Waals surface area contributed by atoms with Gasteiger partial charge in [0, 0.05) is 22.3 Å². The second-order valence-electron chi connectivity index (χ2n) is 6.62. The van der Waals surface area contributed by atoms with Gasteiger partial charge in [-0.25, -0.2) is 0 Å². The van der Waals surface area contributed by atoms with Crippen molar-refractivity contribution in [2.75, 3.05) is 11.4 Å². The van der Waals surface area contributed by atoms with E-state index in [1.165, 1.54) is 5.56 Å². The quantitative estimate of drug-likeness (QED) is 0.575. The first-order valence-corrected chi connectivity index (χ1v) is 9.56. The number of anilines is 2. The summed E-state index contributed by atoms with van der Waals surface area (Å²) in [6.07, 6.45) is 2.28. The lowest BCUT2D eigenvalue weighted by Gasteiger charge is -2.28. The average molecular weight is 414 g/mol. The number of ether oxygens (including phenoxy) is 1. The molecule has 134 valence electrons. The summed E-state index contributed by atoms with van der Waals surface area (Å²) in [5.41, 5.74) is 3.33. The number of aromatic nitrogens is 2. The molecule has 2 heterocycles. The molecule has 0 unspecified atom stereocenters. The predicted octanol–water partition coefficient (Wildman–Crippen LogP) is 5.37. The molecule has 0 saturated heterocycles. The molecule has 2 aromatic carbocycles. The average Bonchev–Trinajstić information content (AvgIpc) is 3.11. The van der Waals surface area contributed by atoms with Crippen molar-refractivity contribution in [2.24, 2.45) is 0 Å². The number of benzene rings is 2. The monoisotopic (exact) mass is 413 g/mol. The standard InChI is InChI=1S/C20H20BrN3O2/c1-13(2)25-17-8-5-14(6-9-17)19-22-20(23-26-19)24-11-3-4-15-12-16(21)7-10-18(15)24/h5-10,12-13H,3-4,11H2,1-2H3. The molecule has 4 rings (SSSR count). The Hall–Kier alpha value is -2.34. The number of hydrogen-bond acceptors (Lipinski definition) is 5. The van der Waals surface area contributed by atoms with Crippen molar-refractivity contribution in [1.82, 2.24) is 10.1 Å². The fourth-order valence-electron chi connectivity index (χ4n) is 3.16. The largest absolute Gasteiger partial charge is 0.491 e. The molecule has 0 aliphatic carbocycles. The molecule has 0 amide bonds. The number of aryl methyl sites for hydroxylation is 1. The molecule has 0 radical (unpaired) electrons. The highest BCUT2D eigenvalue weighted by molar-refractivity contribution is 9.10. The Morgan fingerprint density at radius 1 is 1.15 bits per heavy atom. The number of rotatable bonds is 4. The van der Waals surface area contributed by atoms with Gasteiger partial charge in [-0.3, -0.25) is 0 Å². The first kappa shape index (κ1) is 17.1. The highest BCUT2D eigenvalue weighted by Crippen LogP contribution is 2.34. The van der Waals surface area contributed by atoms with Gasteiger partial charge in [0.25, 0.3) is 11.8 Å². The van der Waals surface area contributed by atoms with Crippen LogP contribution in [0.15, 0.2) is 51.5 Å². The van der Waals surface area contributed by atoms with Crippen LogP contribution in [0, 0.1) is 0 Å². The predicted molar refractivity (Wildman–Crippen MR) is 105 cm³/mol. The molecule has 0 N–H and O–H groups in total. The molecule has 0 spiro atoms. The summed E-state index contributed by atoms with van der Waals surface area (Å²) < 4.78 is 12.3. The van der Waals surface area contributed by atoms with Crippen LogP contribution in [0.25, 0.3) is 11.5 Å². The first-order valence-electron chi connectivity index (χ1n) is 8.77. The van der Waals surface area contributed by atoms with Crippen molar-refractivity contribution < 1.29 is 9.26 Å². The molecule has 0 bridgehead atoms. The fourth-order valence-corrected chi connectivity index (χ4v) is 3.57. The molecule has 6 heteroatoms. The highest BCUT2D eigenvalue weighted by atomic mass is 79.9. The summed E-state index contributed by atoms with van der Waals surface area (Å²) in [4.78, 5) is 6.73. The van der Waals surface area contributed by atoms with E-state index in [4.69, 9.17) is 9.26 Å². The molecular formula is C20H20BrN3O2. The van der Waals surface area contributed by atoms with Gasteiger partial charge >= 0.3 is 0 Å². The molecular weight excluding hydrogens is 394 g/mol.